The largest absolute Gasteiger partial charge is 0.444 e. The van der Waals surface area contributed by atoms with Crippen molar-refractivity contribution in [1.82, 2.24) is 20.4 Å². The van der Waals surface area contributed by atoms with Crippen LogP contribution in [0.1, 0.15) is 33.6 Å². The highest BCUT2D eigenvalue weighted by Crippen LogP contribution is 2.28. The summed E-state index contributed by atoms with van der Waals surface area (Å²) in [6.07, 6.45) is 1.79. The van der Waals surface area contributed by atoms with E-state index in [1.165, 1.54) is 0 Å². The molecule has 0 aromatic carbocycles. The van der Waals surface area contributed by atoms with Crippen molar-refractivity contribution >= 4 is 41.9 Å². The van der Waals surface area contributed by atoms with E-state index in [1.54, 1.807) is 4.90 Å². The minimum Gasteiger partial charge on any atom is -0.444 e. The number of carbonyl (C=O) groups excluding carboxylic acids is 2. The summed E-state index contributed by atoms with van der Waals surface area (Å²) >= 11 is 0. The molecule has 2 heterocycles. The third kappa shape index (κ3) is 5.62. The Morgan fingerprint density at radius 2 is 1.96 bits per heavy atom. The molecule has 0 spiro atoms. The van der Waals surface area contributed by atoms with E-state index >= 15 is 0 Å². The Kier molecular flexibility index (Phi) is 6.98. The summed E-state index contributed by atoms with van der Waals surface area (Å²) in [7, 11) is 0. The molecule has 1 saturated carbocycles. The number of hydrogen-bond acceptors (Lipinski definition) is 6. The van der Waals surface area contributed by atoms with Gasteiger partial charge in [0, 0.05) is 38.6 Å². The Morgan fingerprint density at radius 3 is 2.62 bits per heavy atom. The average Bonchev–Trinajstić information content (AvgIpc) is 3.31. The fourth-order valence-electron chi connectivity index (χ4n) is 3.07. The molecular formula is C17H30IN5O3. The van der Waals surface area contributed by atoms with Gasteiger partial charge in [0.2, 0.25) is 5.91 Å². The smallest absolute Gasteiger partial charge is 0.410 e. The van der Waals surface area contributed by atoms with E-state index in [2.05, 4.69) is 20.5 Å². The van der Waals surface area contributed by atoms with Gasteiger partial charge in [-0.3, -0.25) is 9.79 Å². The second-order valence-electron chi connectivity index (χ2n) is 7.93. The molecule has 1 unspecified atom stereocenters. The molecule has 0 aromatic heterocycles. The number of nitrogens with zero attached hydrogens (tertiary/aromatic N) is 3. The minimum atomic E-state index is -0.474. The summed E-state index contributed by atoms with van der Waals surface area (Å²) in [5.74, 6) is 1.28. The van der Waals surface area contributed by atoms with Crippen molar-refractivity contribution < 1.29 is 14.3 Å². The lowest BCUT2D eigenvalue weighted by molar-refractivity contribution is -0.122. The zero-order valence-corrected chi connectivity index (χ0v) is 18.1. The van der Waals surface area contributed by atoms with Crippen LogP contribution in [0.5, 0.6) is 0 Å². The summed E-state index contributed by atoms with van der Waals surface area (Å²) in [5.41, 5.74) is -0.474. The molecule has 0 radical (unpaired) electrons. The first-order valence-corrected chi connectivity index (χ1v) is 9.14. The van der Waals surface area contributed by atoms with Crippen molar-refractivity contribution in [3.05, 3.63) is 0 Å². The van der Waals surface area contributed by atoms with Crippen molar-refractivity contribution in [2.45, 2.75) is 45.3 Å². The first-order valence-electron chi connectivity index (χ1n) is 9.14. The van der Waals surface area contributed by atoms with E-state index in [0.29, 0.717) is 32.7 Å². The van der Waals surface area contributed by atoms with Crippen LogP contribution in [0.25, 0.3) is 0 Å². The standard InChI is InChI=1S/C17H29N5O3.HI/c1-17(2,3)25-16(24)21-8-9-22-13(11-21)10-20-15(22)19-7-6-18-14(23)12-4-5-12;/h12-13H,4-11H2,1-3H3,(H,18,23)(H,19,20);1H. The Balaban J connectivity index is 0.00000243. The summed E-state index contributed by atoms with van der Waals surface area (Å²) in [6.45, 7) is 9.58. The van der Waals surface area contributed by atoms with Crippen LogP contribution in [0.2, 0.25) is 0 Å². The lowest BCUT2D eigenvalue weighted by Crippen LogP contribution is -2.57. The zero-order valence-electron chi connectivity index (χ0n) is 15.8. The van der Waals surface area contributed by atoms with Gasteiger partial charge in [-0.2, -0.15) is 0 Å². The molecule has 2 aliphatic heterocycles. The first kappa shape index (κ1) is 21.0. The molecule has 9 heteroatoms. The number of carbonyl (C=O) groups is 2. The molecule has 2 fully saturated rings. The summed E-state index contributed by atoms with van der Waals surface area (Å²) in [6, 6.07) is 0.199. The molecule has 1 atom stereocenters. The fraction of sp³-hybridized carbons (Fsp3) is 0.824. The lowest BCUT2D eigenvalue weighted by Gasteiger charge is -2.39. The number of guanidine groups is 1. The highest BCUT2D eigenvalue weighted by atomic mass is 127. The van der Waals surface area contributed by atoms with Gasteiger partial charge in [-0.1, -0.05) is 0 Å². The maximum atomic E-state index is 12.2. The van der Waals surface area contributed by atoms with Crippen molar-refractivity contribution in [2.75, 3.05) is 39.3 Å². The molecule has 1 aliphatic carbocycles. The topological polar surface area (TPSA) is 86.3 Å². The maximum Gasteiger partial charge on any atom is 0.410 e. The van der Waals surface area contributed by atoms with Crippen LogP contribution < -0.4 is 10.6 Å². The number of piperazine rings is 1. The minimum absolute atomic E-state index is 0. The van der Waals surface area contributed by atoms with E-state index in [9.17, 15) is 9.59 Å². The van der Waals surface area contributed by atoms with Crippen LogP contribution in [0.4, 0.5) is 4.79 Å². The van der Waals surface area contributed by atoms with Crippen LogP contribution in [0.3, 0.4) is 0 Å². The number of hydrogen-bond donors (Lipinski definition) is 2. The van der Waals surface area contributed by atoms with E-state index in [4.69, 9.17) is 4.74 Å². The Hall–Kier alpha value is -1.26. The van der Waals surface area contributed by atoms with Crippen molar-refractivity contribution in [3.63, 3.8) is 0 Å². The molecule has 1 saturated heterocycles. The van der Waals surface area contributed by atoms with Gasteiger partial charge < -0.3 is 25.2 Å². The molecule has 0 aromatic rings. The summed E-state index contributed by atoms with van der Waals surface area (Å²) < 4.78 is 5.45. The Morgan fingerprint density at radius 1 is 1.23 bits per heavy atom. The number of rotatable bonds is 4. The lowest BCUT2D eigenvalue weighted by atomic mass is 10.2. The van der Waals surface area contributed by atoms with E-state index in [-0.39, 0.29) is 47.9 Å². The fourth-order valence-corrected chi connectivity index (χ4v) is 3.07. The summed E-state index contributed by atoms with van der Waals surface area (Å²) in [5, 5.41) is 6.24. The van der Waals surface area contributed by atoms with Gasteiger partial charge in [0.15, 0.2) is 5.96 Å². The van der Waals surface area contributed by atoms with E-state index < -0.39 is 5.60 Å². The predicted molar refractivity (Wildman–Crippen MR) is 110 cm³/mol. The zero-order chi connectivity index (χ0) is 18.0. The first-order chi connectivity index (χ1) is 11.8. The second-order valence-corrected chi connectivity index (χ2v) is 7.93. The number of fused-ring (bicyclic) bond motifs is 1. The monoisotopic (exact) mass is 479 g/mol. The van der Waals surface area contributed by atoms with Gasteiger partial charge in [-0.05, 0) is 33.6 Å². The van der Waals surface area contributed by atoms with Crippen LogP contribution in [-0.4, -0.2) is 78.7 Å². The molecule has 0 bridgehead atoms. The molecular weight excluding hydrogens is 449 g/mol. The Labute approximate surface area is 172 Å². The number of amides is 2. The molecule has 2 amide bonds. The van der Waals surface area contributed by atoms with E-state index in [1.807, 2.05) is 20.8 Å². The number of ether oxygens (including phenoxy) is 1. The molecule has 148 valence electrons. The Bertz CT molecular complexity index is 559. The van der Waals surface area contributed by atoms with Crippen LogP contribution in [0.15, 0.2) is 4.99 Å². The molecule has 26 heavy (non-hydrogen) atoms. The molecule has 3 rings (SSSR count). The predicted octanol–water partition coefficient (Wildman–Crippen LogP) is 1.01. The highest BCUT2D eigenvalue weighted by molar-refractivity contribution is 14.0. The van der Waals surface area contributed by atoms with Crippen molar-refractivity contribution in [2.24, 2.45) is 10.9 Å². The van der Waals surface area contributed by atoms with Gasteiger partial charge in [0.1, 0.15) is 5.60 Å². The SMILES string of the molecule is CC(C)(C)OC(=O)N1CCN2C(NCCNC(=O)C3CC3)=NCC2C1.I. The molecule has 2 N–H and O–H groups in total. The third-order valence-corrected chi connectivity index (χ3v) is 4.51. The van der Waals surface area contributed by atoms with Gasteiger partial charge in [-0.25, -0.2) is 4.79 Å². The van der Waals surface area contributed by atoms with Gasteiger partial charge >= 0.3 is 6.09 Å². The maximum absolute atomic E-state index is 12.2. The normalized spacial score (nSPS) is 22.1. The van der Waals surface area contributed by atoms with E-state index in [0.717, 1.165) is 25.3 Å². The highest BCUT2D eigenvalue weighted by Gasteiger charge is 2.36. The number of aliphatic imine (C=N–C) groups is 1. The van der Waals surface area contributed by atoms with Gasteiger partial charge in [0.05, 0.1) is 12.6 Å². The quantitative estimate of drug-likeness (QED) is 0.465. The van der Waals surface area contributed by atoms with Crippen LogP contribution in [-0.2, 0) is 9.53 Å². The van der Waals surface area contributed by atoms with Gasteiger partial charge in [-0.15, -0.1) is 24.0 Å². The number of halogens is 1. The number of nitrogens with one attached hydrogen (secondary N) is 2. The van der Waals surface area contributed by atoms with Crippen LogP contribution >= 0.6 is 24.0 Å². The second kappa shape index (κ2) is 8.62. The van der Waals surface area contributed by atoms with Crippen molar-refractivity contribution in [1.29, 1.82) is 0 Å². The summed E-state index contributed by atoms with van der Waals surface area (Å²) in [4.78, 5) is 32.3. The molecule has 8 nitrogen and oxygen atoms in total. The van der Waals surface area contributed by atoms with Gasteiger partial charge in [0.25, 0.3) is 0 Å². The third-order valence-electron chi connectivity index (χ3n) is 4.51. The average molecular weight is 479 g/mol. The van der Waals surface area contributed by atoms with Crippen molar-refractivity contribution in [3.8, 4) is 0 Å². The van der Waals surface area contributed by atoms with Crippen LogP contribution in [0, 0.1) is 5.92 Å². The molecule has 3 aliphatic rings.